The van der Waals surface area contributed by atoms with Gasteiger partial charge in [-0.25, -0.2) is 0 Å². The van der Waals surface area contributed by atoms with Crippen LogP contribution >= 0.6 is 0 Å². The number of carbonyl (C=O) groups excluding carboxylic acids is 3. The fraction of sp³-hybridized carbons (Fsp3) is 0.286. The van der Waals surface area contributed by atoms with Crippen LogP contribution in [-0.2, 0) is 31.8 Å². The summed E-state index contributed by atoms with van der Waals surface area (Å²) in [6.07, 6.45) is -4.55. The van der Waals surface area contributed by atoms with Crippen LogP contribution in [-0.4, -0.2) is 35.8 Å². The Morgan fingerprint density at radius 2 is 1.83 bits per heavy atom. The maximum Gasteiger partial charge on any atom is 0.416 e. The molecule has 1 aliphatic rings. The van der Waals surface area contributed by atoms with Crippen molar-refractivity contribution in [3.05, 3.63) is 65.7 Å². The first-order valence-corrected chi connectivity index (χ1v) is 9.18. The molecule has 1 heterocycles. The highest BCUT2D eigenvalue weighted by Crippen LogP contribution is 2.30. The highest BCUT2D eigenvalue weighted by atomic mass is 19.4. The van der Waals surface area contributed by atoms with Crippen LogP contribution in [0.1, 0.15) is 17.5 Å². The van der Waals surface area contributed by atoms with E-state index >= 15 is 0 Å². The topological polar surface area (TPSA) is 75.7 Å². The monoisotopic (exact) mass is 420 g/mol. The minimum absolute atomic E-state index is 0.0130. The molecule has 0 unspecified atom stereocenters. The lowest BCUT2D eigenvalue weighted by molar-refractivity contribution is -0.151. The fourth-order valence-corrected chi connectivity index (χ4v) is 3.11. The first kappa shape index (κ1) is 21.4. The molecule has 30 heavy (non-hydrogen) atoms. The van der Waals surface area contributed by atoms with Gasteiger partial charge in [-0.3, -0.25) is 14.4 Å². The summed E-state index contributed by atoms with van der Waals surface area (Å²) in [5.74, 6) is -2.34. The van der Waals surface area contributed by atoms with Gasteiger partial charge in [-0.2, -0.15) is 13.2 Å². The van der Waals surface area contributed by atoms with Gasteiger partial charge in [0.2, 0.25) is 5.91 Å². The molecular weight excluding hydrogens is 401 g/mol. The highest BCUT2D eigenvalue weighted by molar-refractivity contribution is 5.93. The Bertz CT molecular complexity index is 931. The summed E-state index contributed by atoms with van der Waals surface area (Å²) in [6.45, 7) is -0.0975. The van der Waals surface area contributed by atoms with Gasteiger partial charge in [0.25, 0.3) is 5.91 Å². The number of anilines is 1. The predicted molar refractivity (Wildman–Crippen MR) is 101 cm³/mol. The summed E-state index contributed by atoms with van der Waals surface area (Å²) >= 11 is 0. The van der Waals surface area contributed by atoms with Crippen LogP contribution in [0.15, 0.2) is 54.6 Å². The molecule has 9 heteroatoms. The summed E-state index contributed by atoms with van der Waals surface area (Å²) in [5, 5.41) is 2.26. The maximum atomic E-state index is 12.7. The number of alkyl halides is 3. The van der Waals surface area contributed by atoms with Gasteiger partial charge < -0.3 is 15.0 Å². The molecule has 1 atom stereocenters. The van der Waals surface area contributed by atoms with Gasteiger partial charge in [0.1, 0.15) is 0 Å². The Morgan fingerprint density at radius 1 is 1.10 bits per heavy atom. The van der Waals surface area contributed by atoms with Gasteiger partial charge in [0, 0.05) is 25.2 Å². The SMILES string of the molecule is O=C(COC(=O)[C@H]1CC(=O)N(Cc2ccccc2)C1)Nc1cccc(C(F)(F)F)c1. The van der Waals surface area contributed by atoms with E-state index in [1.807, 2.05) is 30.3 Å². The zero-order valence-electron chi connectivity index (χ0n) is 15.8. The molecule has 6 nitrogen and oxygen atoms in total. The van der Waals surface area contributed by atoms with Crippen molar-refractivity contribution in [2.24, 2.45) is 5.92 Å². The van der Waals surface area contributed by atoms with E-state index in [2.05, 4.69) is 5.32 Å². The van der Waals surface area contributed by atoms with E-state index in [1.54, 1.807) is 4.90 Å². The quantitative estimate of drug-likeness (QED) is 0.728. The molecule has 0 aromatic heterocycles. The molecule has 1 N–H and O–H groups in total. The molecule has 1 saturated heterocycles. The Balaban J connectivity index is 1.48. The van der Waals surface area contributed by atoms with E-state index in [-0.39, 0.29) is 24.6 Å². The molecule has 2 aromatic carbocycles. The van der Waals surface area contributed by atoms with Crippen LogP contribution in [0.25, 0.3) is 0 Å². The number of esters is 1. The Morgan fingerprint density at radius 3 is 2.53 bits per heavy atom. The number of ether oxygens (including phenoxy) is 1. The van der Waals surface area contributed by atoms with Crippen LogP contribution in [0, 0.1) is 5.92 Å². The average Bonchev–Trinajstić information content (AvgIpc) is 3.07. The fourth-order valence-electron chi connectivity index (χ4n) is 3.11. The van der Waals surface area contributed by atoms with Crippen molar-refractivity contribution in [2.75, 3.05) is 18.5 Å². The molecule has 0 saturated carbocycles. The minimum atomic E-state index is -4.53. The van der Waals surface area contributed by atoms with E-state index < -0.39 is 36.1 Å². The van der Waals surface area contributed by atoms with Crippen molar-refractivity contribution in [3.63, 3.8) is 0 Å². The number of hydrogen-bond donors (Lipinski definition) is 1. The van der Waals surface area contributed by atoms with Crippen molar-refractivity contribution >= 4 is 23.5 Å². The second kappa shape index (κ2) is 8.98. The van der Waals surface area contributed by atoms with Crippen molar-refractivity contribution in [2.45, 2.75) is 19.1 Å². The number of halogens is 3. The minimum Gasteiger partial charge on any atom is -0.455 e. The third-order valence-electron chi connectivity index (χ3n) is 4.58. The molecule has 158 valence electrons. The number of amides is 2. The molecular formula is C21H19F3N2O4. The first-order valence-electron chi connectivity index (χ1n) is 9.18. The molecule has 0 aliphatic carbocycles. The second-order valence-electron chi connectivity index (χ2n) is 6.90. The van der Waals surface area contributed by atoms with Crippen molar-refractivity contribution in [3.8, 4) is 0 Å². The Hall–Kier alpha value is -3.36. The van der Waals surface area contributed by atoms with Gasteiger partial charge >= 0.3 is 12.1 Å². The van der Waals surface area contributed by atoms with Gasteiger partial charge in [0.05, 0.1) is 11.5 Å². The van der Waals surface area contributed by atoms with Crippen molar-refractivity contribution in [1.82, 2.24) is 4.90 Å². The van der Waals surface area contributed by atoms with Crippen LogP contribution in [0.3, 0.4) is 0 Å². The van der Waals surface area contributed by atoms with Crippen LogP contribution in [0.5, 0.6) is 0 Å². The lowest BCUT2D eigenvalue weighted by Gasteiger charge is -2.16. The number of nitrogens with zero attached hydrogens (tertiary/aromatic N) is 1. The largest absolute Gasteiger partial charge is 0.455 e. The zero-order valence-corrected chi connectivity index (χ0v) is 15.8. The lowest BCUT2D eigenvalue weighted by atomic mass is 10.1. The van der Waals surface area contributed by atoms with Gasteiger partial charge in [-0.15, -0.1) is 0 Å². The normalized spacial score (nSPS) is 16.4. The number of hydrogen-bond acceptors (Lipinski definition) is 4. The van der Waals surface area contributed by atoms with E-state index in [0.29, 0.717) is 6.54 Å². The number of benzene rings is 2. The van der Waals surface area contributed by atoms with Crippen LogP contribution in [0.2, 0.25) is 0 Å². The summed E-state index contributed by atoms with van der Waals surface area (Å²) < 4.78 is 43.1. The van der Waals surface area contributed by atoms with E-state index in [9.17, 15) is 27.6 Å². The summed E-state index contributed by atoms with van der Waals surface area (Å²) in [6, 6.07) is 13.4. The number of nitrogens with one attached hydrogen (secondary N) is 1. The first-order chi connectivity index (χ1) is 14.2. The Kier molecular flexibility index (Phi) is 6.39. The molecule has 1 fully saturated rings. The summed E-state index contributed by atoms with van der Waals surface area (Å²) in [5.41, 5.74) is -0.0310. The van der Waals surface area contributed by atoms with Gasteiger partial charge in [0.15, 0.2) is 6.61 Å². The molecule has 3 rings (SSSR count). The van der Waals surface area contributed by atoms with E-state index in [0.717, 1.165) is 23.8 Å². The lowest BCUT2D eigenvalue weighted by Crippen LogP contribution is -2.28. The number of carbonyl (C=O) groups is 3. The average molecular weight is 420 g/mol. The van der Waals surface area contributed by atoms with E-state index in [4.69, 9.17) is 4.74 Å². The number of likely N-dealkylation sites (tertiary alicyclic amines) is 1. The van der Waals surface area contributed by atoms with E-state index in [1.165, 1.54) is 6.07 Å². The Labute approximate surface area is 170 Å². The van der Waals surface area contributed by atoms with Crippen LogP contribution < -0.4 is 5.32 Å². The zero-order chi connectivity index (χ0) is 21.7. The number of rotatable bonds is 6. The standard InChI is InChI=1S/C21H19F3N2O4/c22-21(23,24)16-7-4-8-17(10-16)25-18(27)13-30-20(29)15-9-19(28)26(12-15)11-14-5-2-1-3-6-14/h1-8,10,15H,9,11-13H2,(H,25,27)/t15-/m0/s1. The molecule has 2 amide bonds. The third kappa shape index (κ3) is 5.59. The van der Waals surface area contributed by atoms with Gasteiger partial charge in [-0.1, -0.05) is 36.4 Å². The summed E-state index contributed by atoms with van der Waals surface area (Å²) in [4.78, 5) is 37.8. The van der Waals surface area contributed by atoms with Gasteiger partial charge in [-0.05, 0) is 23.8 Å². The molecule has 0 radical (unpaired) electrons. The molecule has 0 bridgehead atoms. The van der Waals surface area contributed by atoms with Crippen molar-refractivity contribution in [1.29, 1.82) is 0 Å². The maximum absolute atomic E-state index is 12.7. The predicted octanol–water partition coefficient (Wildman–Crippen LogP) is 3.24. The smallest absolute Gasteiger partial charge is 0.416 e. The molecule has 1 aliphatic heterocycles. The highest BCUT2D eigenvalue weighted by Gasteiger charge is 2.35. The second-order valence-corrected chi connectivity index (χ2v) is 6.90. The van der Waals surface area contributed by atoms with Crippen LogP contribution in [0.4, 0.5) is 18.9 Å². The molecule has 0 spiro atoms. The third-order valence-corrected chi connectivity index (χ3v) is 4.58. The molecule has 2 aromatic rings. The summed E-state index contributed by atoms with van der Waals surface area (Å²) in [7, 11) is 0. The van der Waals surface area contributed by atoms with Crippen molar-refractivity contribution < 1.29 is 32.3 Å².